The van der Waals surface area contributed by atoms with Gasteiger partial charge in [0.15, 0.2) is 0 Å². The lowest BCUT2D eigenvalue weighted by Gasteiger charge is -2.07. The van der Waals surface area contributed by atoms with E-state index in [-0.39, 0.29) is 17.1 Å². The summed E-state index contributed by atoms with van der Waals surface area (Å²) < 4.78 is 21.8. The Labute approximate surface area is 99.6 Å². The molecule has 2 N–H and O–H groups in total. The molecule has 0 radical (unpaired) electrons. The van der Waals surface area contributed by atoms with Crippen LogP contribution in [-0.2, 0) is 9.84 Å². The minimum absolute atomic E-state index is 0.0647. The number of pyridine rings is 1. The van der Waals surface area contributed by atoms with E-state index in [1.807, 2.05) is 0 Å². The smallest absolute Gasteiger partial charge is 0.339 e. The first-order valence-corrected chi connectivity index (χ1v) is 7.06. The van der Waals surface area contributed by atoms with Gasteiger partial charge in [0.2, 0.25) is 0 Å². The Morgan fingerprint density at radius 1 is 1.53 bits per heavy atom. The molecule has 0 saturated heterocycles. The summed E-state index contributed by atoms with van der Waals surface area (Å²) in [5, 5.41) is 11.7. The number of aromatic carboxylic acids is 1. The molecule has 6 nitrogen and oxygen atoms in total. The first kappa shape index (κ1) is 13.4. The van der Waals surface area contributed by atoms with Gasteiger partial charge in [0, 0.05) is 19.0 Å². The van der Waals surface area contributed by atoms with Gasteiger partial charge >= 0.3 is 5.97 Å². The van der Waals surface area contributed by atoms with Crippen molar-refractivity contribution in [2.75, 3.05) is 23.9 Å². The quantitative estimate of drug-likeness (QED) is 0.726. The SMILES string of the molecule is CS(=O)(=O)CCCNc1ncccc1C(=O)O. The van der Waals surface area contributed by atoms with Crippen molar-refractivity contribution in [2.45, 2.75) is 6.42 Å². The summed E-state index contributed by atoms with van der Waals surface area (Å²) in [6.07, 6.45) is 3.05. The van der Waals surface area contributed by atoms with E-state index in [0.717, 1.165) is 6.26 Å². The van der Waals surface area contributed by atoms with Gasteiger partial charge in [-0.15, -0.1) is 0 Å². The fraction of sp³-hybridized carbons (Fsp3) is 0.400. The molecule has 7 heteroatoms. The highest BCUT2D eigenvalue weighted by Crippen LogP contribution is 2.10. The highest BCUT2D eigenvalue weighted by Gasteiger charge is 2.09. The third kappa shape index (κ3) is 4.81. The Kier molecular flexibility index (Phi) is 4.45. The molecule has 1 heterocycles. The predicted octanol–water partition coefficient (Wildman–Crippen LogP) is 0.626. The first-order valence-electron chi connectivity index (χ1n) is 5.00. The fourth-order valence-electron chi connectivity index (χ4n) is 1.26. The molecule has 1 rings (SSSR count). The molecule has 0 aromatic carbocycles. The molecule has 1 aromatic rings. The fourth-order valence-corrected chi connectivity index (χ4v) is 1.93. The van der Waals surface area contributed by atoms with E-state index in [1.54, 1.807) is 0 Å². The average molecular weight is 258 g/mol. The molecule has 0 fully saturated rings. The van der Waals surface area contributed by atoms with Crippen LogP contribution in [0.4, 0.5) is 5.82 Å². The molecule has 0 aliphatic rings. The number of carboxylic acid groups (broad SMARTS) is 1. The Bertz CT molecular complexity index is 499. The average Bonchev–Trinajstić information content (AvgIpc) is 2.23. The maximum atomic E-state index is 10.9. The van der Waals surface area contributed by atoms with Crippen LogP contribution in [0.25, 0.3) is 0 Å². The van der Waals surface area contributed by atoms with E-state index in [9.17, 15) is 13.2 Å². The van der Waals surface area contributed by atoms with Crippen LogP contribution >= 0.6 is 0 Å². The number of carboxylic acids is 1. The van der Waals surface area contributed by atoms with Gasteiger partial charge in [-0.3, -0.25) is 0 Å². The van der Waals surface area contributed by atoms with Crippen molar-refractivity contribution in [1.29, 1.82) is 0 Å². The summed E-state index contributed by atoms with van der Waals surface area (Å²) >= 11 is 0. The van der Waals surface area contributed by atoms with Crippen molar-refractivity contribution in [2.24, 2.45) is 0 Å². The van der Waals surface area contributed by atoms with E-state index in [2.05, 4.69) is 10.3 Å². The monoisotopic (exact) mass is 258 g/mol. The molecule has 0 aliphatic carbocycles. The molecule has 0 aliphatic heterocycles. The van der Waals surface area contributed by atoms with Crippen molar-refractivity contribution in [3.8, 4) is 0 Å². The highest BCUT2D eigenvalue weighted by atomic mass is 32.2. The van der Waals surface area contributed by atoms with E-state index in [1.165, 1.54) is 18.3 Å². The summed E-state index contributed by atoms with van der Waals surface area (Å²) in [6, 6.07) is 2.97. The van der Waals surface area contributed by atoms with E-state index >= 15 is 0 Å². The second kappa shape index (κ2) is 5.62. The van der Waals surface area contributed by atoms with Crippen molar-refractivity contribution < 1.29 is 18.3 Å². The Hall–Kier alpha value is -1.63. The number of anilines is 1. The number of hydrogen-bond donors (Lipinski definition) is 2. The summed E-state index contributed by atoms with van der Waals surface area (Å²) in [7, 11) is -2.98. The molecule has 0 unspecified atom stereocenters. The van der Waals surface area contributed by atoms with Gasteiger partial charge in [0.25, 0.3) is 0 Å². The third-order valence-electron chi connectivity index (χ3n) is 2.02. The minimum atomic E-state index is -2.98. The topological polar surface area (TPSA) is 96.4 Å². The zero-order chi connectivity index (χ0) is 12.9. The van der Waals surface area contributed by atoms with Gasteiger partial charge in [0.05, 0.1) is 5.75 Å². The van der Waals surface area contributed by atoms with Crippen LogP contribution in [0.2, 0.25) is 0 Å². The largest absolute Gasteiger partial charge is 0.478 e. The van der Waals surface area contributed by atoms with Gasteiger partial charge in [0.1, 0.15) is 21.2 Å². The summed E-state index contributed by atoms with van der Waals surface area (Å²) in [5.74, 6) is -0.743. The Balaban J connectivity index is 2.55. The molecule has 0 atom stereocenters. The second-order valence-electron chi connectivity index (χ2n) is 3.61. The third-order valence-corrected chi connectivity index (χ3v) is 3.05. The number of hydrogen-bond acceptors (Lipinski definition) is 5. The predicted molar refractivity (Wildman–Crippen MR) is 64.0 cm³/mol. The lowest BCUT2D eigenvalue weighted by Crippen LogP contribution is -2.12. The van der Waals surface area contributed by atoms with Crippen LogP contribution in [-0.4, -0.2) is 43.0 Å². The molecule has 0 amide bonds. The Morgan fingerprint density at radius 2 is 2.24 bits per heavy atom. The minimum Gasteiger partial charge on any atom is -0.478 e. The van der Waals surface area contributed by atoms with Gasteiger partial charge < -0.3 is 10.4 Å². The molecule has 17 heavy (non-hydrogen) atoms. The lowest BCUT2D eigenvalue weighted by atomic mass is 10.2. The van der Waals surface area contributed by atoms with Gasteiger partial charge in [-0.05, 0) is 18.6 Å². The first-order chi connectivity index (χ1) is 7.90. The van der Waals surface area contributed by atoms with E-state index in [4.69, 9.17) is 5.11 Å². The van der Waals surface area contributed by atoms with E-state index in [0.29, 0.717) is 13.0 Å². The Morgan fingerprint density at radius 3 is 2.82 bits per heavy atom. The second-order valence-corrected chi connectivity index (χ2v) is 5.87. The van der Waals surface area contributed by atoms with Crippen LogP contribution in [0.3, 0.4) is 0 Å². The lowest BCUT2D eigenvalue weighted by molar-refractivity contribution is 0.0697. The number of aromatic nitrogens is 1. The number of carbonyl (C=O) groups is 1. The van der Waals surface area contributed by atoms with Crippen molar-refractivity contribution in [1.82, 2.24) is 4.98 Å². The van der Waals surface area contributed by atoms with Gasteiger partial charge in [-0.1, -0.05) is 0 Å². The van der Waals surface area contributed by atoms with Crippen LogP contribution < -0.4 is 5.32 Å². The van der Waals surface area contributed by atoms with Gasteiger partial charge in [-0.2, -0.15) is 0 Å². The van der Waals surface area contributed by atoms with Crippen molar-refractivity contribution in [3.63, 3.8) is 0 Å². The summed E-state index contributed by atoms with van der Waals surface area (Å²) in [6.45, 7) is 0.365. The number of nitrogens with one attached hydrogen (secondary N) is 1. The molecular weight excluding hydrogens is 244 g/mol. The molecule has 1 aromatic heterocycles. The van der Waals surface area contributed by atoms with Gasteiger partial charge in [-0.25, -0.2) is 18.2 Å². The normalized spacial score (nSPS) is 11.1. The molecule has 0 spiro atoms. The number of rotatable bonds is 6. The van der Waals surface area contributed by atoms with Crippen molar-refractivity contribution in [3.05, 3.63) is 23.9 Å². The van der Waals surface area contributed by atoms with E-state index < -0.39 is 15.8 Å². The summed E-state index contributed by atoms with van der Waals surface area (Å²) in [5.41, 5.74) is 0.0758. The number of nitrogens with zero attached hydrogens (tertiary/aromatic N) is 1. The number of sulfone groups is 1. The van der Waals surface area contributed by atoms with Crippen LogP contribution in [0.1, 0.15) is 16.8 Å². The molecule has 0 saturated carbocycles. The highest BCUT2D eigenvalue weighted by molar-refractivity contribution is 7.90. The zero-order valence-corrected chi connectivity index (χ0v) is 10.2. The standard InChI is InChI=1S/C10H14N2O4S/c1-17(15,16)7-3-6-12-9-8(10(13)14)4-2-5-11-9/h2,4-5H,3,6-7H2,1H3,(H,11,12)(H,13,14). The van der Waals surface area contributed by atoms with Crippen LogP contribution in [0.5, 0.6) is 0 Å². The maximum Gasteiger partial charge on any atom is 0.339 e. The maximum absolute atomic E-state index is 10.9. The summed E-state index contributed by atoms with van der Waals surface area (Å²) in [4.78, 5) is 14.7. The molecule has 0 bridgehead atoms. The molecular formula is C10H14N2O4S. The van der Waals surface area contributed by atoms with Crippen LogP contribution in [0.15, 0.2) is 18.3 Å². The molecule has 94 valence electrons. The van der Waals surface area contributed by atoms with Crippen LogP contribution in [0, 0.1) is 0 Å². The van der Waals surface area contributed by atoms with Crippen molar-refractivity contribution >= 4 is 21.6 Å². The zero-order valence-electron chi connectivity index (χ0n) is 9.38.